The third-order valence-corrected chi connectivity index (χ3v) is 5.97. The highest BCUT2D eigenvalue weighted by Crippen LogP contribution is 2.27. The number of nitrogens with one attached hydrogen (secondary N) is 2. The van der Waals surface area contributed by atoms with Gasteiger partial charge < -0.3 is 15.0 Å². The highest BCUT2D eigenvalue weighted by Gasteiger charge is 2.24. The van der Waals surface area contributed by atoms with Crippen LogP contribution in [0, 0.1) is 12.7 Å². The summed E-state index contributed by atoms with van der Waals surface area (Å²) in [5, 5.41) is 3.88. The summed E-state index contributed by atoms with van der Waals surface area (Å²) in [5.74, 6) is 0.463. The number of methoxy groups -OCH3 is 1. The number of fused-ring (bicyclic) bond motifs is 1. The Hall–Kier alpha value is -2.86. The molecule has 0 bridgehead atoms. The highest BCUT2D eigenvalue weighted by atomic mass is 19.1. The smallest absolute Gasteiger partial charge is 0.224 e. The summed E-state index contributed by atoms with van der Waals surface area (Å²) in [6.07, 6.45) is 2.57. The number of aryl methyl sites for hydroxylation is 1. The predicted octanol–water partition coefficient (Wildman–Crippen LogP) is 4.12. The fourth-order valence-electron chi connectivity index (χ4n) is 4.38. The summed E-state index contributed by atoms with van der Waals surface area (Å²) in [7, 11) is 1.66. The van der Waals surface area contributed by atoms with E-state index in [0.29, 0.717) is 6.54 Å². The number of likely N-dealkylation sites (tertiary alicyclic amines) is 1. The molecule has 1 atom stereocenters. The zero-order chi connectivity index (χ0) is 21.1. The van der Waals surface area contributed by atoms with Gasteiger partial charge in [0.2, 0.25) is 5.91 Å². The monoisotopic (exact) mass is 409 g/mol. The second kappa shape index (κ2) is 8.88. The van der Waals surface area contributed by atoms with Crippen LogP contribution in [0.15, 0.2) is 42.5 Å². The van der Waals surface area contributed by atoms with Crippen LogP contribution in [0.3, 0.4) is 0 Å². The number of carbonyl (C=O) groups excluding carboxylic acids is 1. The van der Waals surface area contributed by atoms with E-state index in [1.807, 2.05) is 25.1 Å². The van der Waals surface area contributed by atoms with Crippen molar-refractivity contribution in [3.05, 3.63) is 65.1 Å². The topological polar surface area (TPSA) is 57.4 Å². The van der Waals surface area contributed by atoms with E-state index < -0.39 is 0 Å². The molecule has 0 aliphatic carbocycles. The van der Waals surface area contributed by atoms with Crippen molar-refractivity contribution in [3.63, 3.8) is 0 Å². The molecule has 4 rings (SSSR count). The van der Waals surface area contributed by atoms with Gasteiger partial charge in [0.1, 0.15) is 11.6 Å². The first-order valence-corrected chi connectivity index (χ1v) is 10.5. The molecule has 2 N–H and O–H groups in total. The summed E-state index contributed by atoms with van der Waals surface area (Å²) in [6, 6.07) is 12.8. The van der Waals surface area contributed by atoms with Crippen LogP contribution in [0.1, 0.15) is 35.7 Å². The minimum absolute atomic E-state index is 0.0599. The molecule has 1 aliphatic heterocycles. The van der Waals surface area contributed by atoms with Crippen LogP contribution in [0.25, 0.3) is 10.9 Å². The van der Waals surface area contributed by atoms with Crippen LogP contribution in [0.2, 0.25) is 0 Å². The second-order valence-corrected chi connectivity index (χ2v) is 7.93. The lowest BCUT2D eigenvalue weighted by Gasteiger charge is -2.28. The molecule has 1 aliphatic rings. The van der Waals surface area contributed by atoms with Gasteiger partial charge in [0.05, 0.1) is 19.6 Å². The van der Waals surface area contributed by atoms with Gasteiger partial charge in [-0.3, -0.25) is 9.69 Å². The number of benzene rings is 2. The first kappa shape index (κ1) is 20.4. The number of hydrogen-bond donors (Lipinski definition) is 2. The third-order valence-electron chi connectivity index (χ3n) is 5.97. The molecule has 1 fully saturated rings. The average molecular weight is 410 g/mol. The van der Waals surface area contributed by atoms with Gasteiger partial charge in [0, 0.05) is 23.1 Å². The molecule has 1 amide bonds. The predicted molar refractivity (Wildman–Crippen MR) is 116 cm³/mol. The van der Waals surface area contributed by atoms with Gasteiger partial charge in [-0.25, -0.2) is 4.39 Å². The number of nitrogens with zero attached hydrogens (tertiary/aromatic N) is 1. The van der Waals surface area contributed by atoms with Crippen molar-refractivity contribution < 1.29 is 13.9 Å². The Bertz CT molecular complexity index is 1040. The molecule has 5 nitrogen and oxygen atoms in total. The van der Waals surface area contributed by atoms with Gasteiger partial charge in [-0.05, 0) is 74.3 Å². The van der Waals surface area contributed by atoms with E-state index in [2.05, 4.69) is 21.3 Å². The molecule has 0 unspecified atom stereocenters. The van der Waals surface area contributed by atoms with E-state index in [0.717, 1.165) is 46.6 Å². The Morgan fingerprint density at radius 2 is 2.03 bits per heavy atom. The van der Waals surface area contributed by atoms with E-state index in [4.69, 9.17) is 4.74 Å². The fourth-order valence-corrected chi connectivity index (χ4v) is 4.38. The number of halogens is 1. The molecule has 0 spiro atoms. The maximum absolute atomic E-state index is 13.7. The average Bonchev–Trinajstić information content (AvgIpc) is 3.37. The van der Waals surface area contributed by atoms with Crippen LogP contribution in [0.5, 0.6) is 5.75 Å². The first-order chi connectivity index (χ1) is 14.5. The summed E-state index contributed by atoms with van der Waals surface area (Å²) >= 11 is 0. The molecule has 2 heterocycles. The van der Waals surface area contributed by atoms with Gasteiger partial charge in [0.25, 0.3) is 0 Å². The Labute approximate surface area is 176 Å². The summed E-state index contributed by atoms with van der Waals surface area (Å²) in [5.41, 5.74) is 3.74. The summed E-state index contributed by atoms with van der Waals surface area (Å²) in [4.78, 5) is 18.5. The van der Waals surface area contributed by atoms with Crippen molar-refractivity contribution in [3.8, 4) is 5.75 Å². The number of amides is 1. The number of rotatable bonds is 7. The lowest BCUT2D eigenvalue weighted by atomic mass is 10.0. The first-order valence-electron chi connectivity index (χ1n) is 10.5. The molecule has 1 aromatic heterocycles. The number of carbonyl (C=O) groups is 1. The summed E-state index contributed by atoms with van der Waals surface area (Å²) in [6.45, 7) is 4.50. The van der Waals surface area contributed by atoms with E-state index in [1.165, 1.54) is 25.0 Å². The number of hydrogen-bond acceptors (Lipinski definition) is 3. The van der Waals surface area contributed by atoms with Crippen molar-refractivity contribution in [1.29, 1.82) is 0 Å². The van der Waals surface area contributed by atoms with Crippen molar-refractivity contribution in [2.24, 2.45) is 0 Å². The van der Waals surface area contributed by atoms with Crippen LogP contribution < -0.4 is 10.1 Å². The van der Waals surface area contributed by atoms with Crippen molar-refractivity contribution >= 4 is 16.8 Å². The van der Waals surface area contributed by atoms with Crippen molar-refractivity contribution in [2.75, 3.05) is 26.7 Å². The molecule has 0 saturated carbocycles. The van der Waals surface area contributed by atoms with Crippen molar-refractivity contribution in [2.45, 2.75) is 32.2 Å². The fraction of sp³-hybridized carbons (Fsp3) is 0.375. The molecule has 6 heteroatoms. The molecule has 3 aromatic rings. The molecular formula is C24H28FN3O2. The maximum atomic E-state index is 13.7. The number of aromatic amines is 1. The van der Waals surface area contributed by atoms with Gasteiger partial charge in [0.15, 0.2) is 0 Å². The zero-order valence-electron chi connectivity index (χ0n) is 17.5. The SMILES string of the molecule is COc1cccc([C@@H](CNC(=O)Cc2c(C)[nH]c3ccc(F)cc23)N2CCCC2)c1. The standard InChI is InChI=1S/C24H28FN3O2/c1-16-20(21-13-18(25)8-9-22(21)27-16)14-24(29)26-15-23(28-10-3-4-11-28)17-6-5-7-19(12-17)30-2/h5-9,12-13,23,27H,3-4,10-11,14-15H2,1-2H3,(H,26,29)/t23-/m1/s1. The molecular weight excluding hydrogens is 381 g/mol. The Morgan fingerprint density at radius 1 is 1.23 bits per heavy atom. The Morgan fingerprint density at radius 3 is 2.80 bits per heavy atom. The molecule has 158 valence electrons. The zero-order valence-corrected chi connectivity index (χ0v) is 17.5. The van der Waals surface area contributed by atoms with Gasteiger partial charge in [-0.1, -0.05) is 12.1 Å². The maximum Gasteiger partial charge on any atom is 0.224 e. The molecule has 0 radical (unpaired) electrons. The largest absolute Gasteiger partial charge is 0.497 e. The highest BCUT2D eigenvalue weighted by molar-refractivity contribution is 5.90. The van der Waals surface area contributed by atoms with Crippen LogP contribution >= 0.6 is 0 Å². The quantitative estimate of drug-likeness (QED) is 0.617. The number of ether oxygens (including phenoxy) is 1. The third kappa shape index (κ3) is 4.33. The van der Waals surface area contributed by atoms with Crippen LogP contribution in [-0.4, -0.2) is 42.5 Å². The number of H-pyrrole nitrogens is 1. The van der Waals surface area contributed by atoms with E-state index in [1.54, 1.807) is 13.2 Å². The van der Waals surface area contributed by atoms with E-state index in [9.17, 15) is 9.18 Å². The van der Waals surface area contributed by atoms with Gasteiger partial charge >= 0.3 is 0 Å². The van der Waals surface area contributed by atoms with Crippen molar-refractivity contribution in [1.82, 2.24) is 15.2 Å². The van der Waals surface area contributed by atoms with Gasteiger partial charge in [-0.15, -0.1) is 0 Å². The van der Waals surface area contributed by atoms with Crippen LogP contribution in [-0.2, 0) is 11.2 Å². The summed E-state index contributed by atoms with van der Waals surface area (Å²) < 4.78 is 19.1. The lowest BCUT2D eigenvalue weighted by Crippen LogP contribution is -2.37. The van der Waals surface area contributed by atoms with Gasteiger partial charge in [-0.2, -0.15) is 0 Å². The minimum atomic E-state index is -0.296. The number of aromatic nitrogens is 1. The Balaban J connectivity index is 1.49. The molecule has 30 heavy (non-hydrogen) atoms. The minimum Gasteiger partial charge on any atom is -0.497 e. The van der Waals surface area contributed by atoms with Crippen LogP contribution in [0.4, 0.5) is 4.39 Å². The lowest BCUT2D eigenvalue weighted by molar-refractivity contribution is -0.120. The van der Waals surface area contributed by atoms with E-state index >= 15 is 0 Å². The van der Waals surface area contributed by atoms with E-state index in [-0.39, 0.29) is 24.2 Å². The normalized spacial score (nSPS) is 15.4. The second-order valence-electron chi connectivity index (χ2n) is 7.93. The Kier molecular flexibility index (Phi) is 6.04. The molecule has 2 aromatic carbocycles. The molecule has 1 saturated heterocycles.